The first-order valence-corrected chi connectivity index (χ1v) is 9.50. The summed E-state index contributed by atoms with van der Waals surface area (Å²) in [7, 11) is 0. The fraction of sp³-hybridized carbons (Fsp3) is 0.381. The van der Waals surface area contributed by atoms with Crippen molar-refractivity contribution in [1.82, 2.24) is 0 Å². The van der Waals surface area contributed by atoms with Gasteiger partial charge >= 0.3 is 0 Å². The molecule has 1 aromatic carbocycles. The normalized spacial score (nSPS) is 29.3. The summed E-state index contributed by atoms with van der Waals surface area (Å²) in [6.45, 7) is 1.53. The number of benzene rings is 1. The number of Topliss-reactive ketones (excluding diaryl/α,β-unsaturated/α-hetero) is 2. The molecule has 0 aromatic heterocycles. The van der Waals surface area contributed by atoms with Crippen LogP contribution in [-0.4, -0.2) is 48.6 Å². The third kappa shape index (κ3) is 2.45. The van der Waals surface area contributed by atoms with Gasteiger partial charge in [-0.1, -0.05) is 6.07 Å². The van der Waals surface area contributed by atoms with Crippen LogP contribution in [0.3, 0.4) is 0 Å². The summed E-state index contributed by atoms with van der Waals surface area (Å²) in [5.41, 5.74) is 2.45. The molecule has 3 aliphatic carbocycles. The van der Waals surface area contributed by atoms with Crippen LogP contribution >= 0.6 is 0 Å². The highest BCUT2D eigenvalue weighted by Crippen LogP contribution is 2.52. The molecule has 30 heavy (non-hydrogen) atoms. The summed E-state index contributed by atoms with van der Waals surface area (Å²) >= 11 is 0. The van der Waals surface area contributed by atoms with Crippen LogP contribution in [-0.2, 0) is 20.8 Å². The molecule has 0 spiro atoms. The summed E-state index contributed by atoms with van der Waals surface area (Å²) in [6.07, 6.45) is -1.04. The molecule has 7 N–H and O–H groups in total. The van der Waals surface area contributed by atoms with Gasteiger partial charge in [0.05, 0.1) is 11.7 Å². The number of carbonyl (C=O) groups is 3. The van der Waals surface area contributed by atoms with Crippen LogP contribution in [0.5, 0.6) is 5.75 Å². The van der Waals surface area contributed by atoms with E-state index in [0.717, 1.165) is 0 Å². The van der Waals surface area contributed by atoms with Gasteiger partial charge in [0, 0.05) is 17.9 Å². The number of amides is 1. The van der Waals surface area contributed by atoms with Gasteiger partial charge < -0.3 is 31.3 Å². The maximum atomic E-state index is 13.3. The first-order valence-electron chi connectivity index (χ1n) is 9.50. The predicted octanol–water partition coefficient (Wildman–Crippen LogP) is 0.477. The highest BCUT2D eigenvalue weighted by Gasteiger charge is 2.60. The zero-order valence-corrected chi connectivity index (χ0v) is 16.0. The minimum Gasteiger partial charge on any atom is -0.508 e. The van der Waals surface area contributed by atoms with Gasteiger partial charge in [0.15, 0.2) is 11.4 Å². The molecule has 1 fully saturated rings. The molecule has 1 saturated carbocycles. The number of carbonyl (C=O) groups excluding carboxylic acids is 3. The largest absolute Gasteiger partial charge is 0.508 e. The number of rotatable bonds is 2. The number of phenolic OH excluding ortho intramolecular Hbond substituents is 1. The summed E-state index contributed by atoms with van der Waals surface area (Å²) in [5, 5.41) is 52.8. The van der Waals surface area contributed by atoms with Crippen molar-refractivity contribution < 1.29 is 39.9 Å². The molecule has 3 aliphatic rings. The standard InChI is InChI=1S/C21H21NO8/c1-7(23)10-2-3-12(24)15-11(10)5-8-4-9-6-13(25)16(20(22)29)19(28)21(9,30)18(27)14(8)17(15)26/h2-3,7-9,23-24,26,28,30H,4-6H2,1H3,(H2,22,29)/t7?,8-,9+,21+/m1/s1. The highest BCUT2D eigenvalue weighted by molar-refractivity contribution is 6.22. The molecular formula is C21H21NO8. The van der Waals surface area contributed by atoms with Crippen molar-refractivity contribution in [2.24, 2.45) is 17.6 Å². The van der Waals surface area contributed by atoms with E-state index in [0.29, 0.717) is 11.1 Å². The quantitative estimate of drug-likeness (QED) is 0.377. The Labute approximate surface area is 170 Å². The van der Waals surface area contributed by atoms with Crippen molar-refractivity contribution >= 4 is 23.2 Å². The van der Waals surface area contributed by atoms with Gasteiger partial charge in [0.2, 0.25) is 5.78 Å². The first-order chi connectivity index (χ1) is 14.0. The zero-order chi connectivity index (χ0) is 22.1. The van der Waals surface area contributed by atoms with E-state index in [1.165, 1.54) is 19.1 Å². The van der Waals surface area contributed by atoms with Crippen LogP contribution in [0.2, 0.25) is 0 Å². The number of aliphatic hydroxyl groups excluding tert-OH is 3. The number of phenols is 1. The molecule has 4 rings (SSSR count). The van der Waals surface area contributed by atoms with E-state index in [4.69, 9.17) is 5.73 Å². The molecule has 158 valence electrons. The van der Waals surface area contributed by atoms with Gasteiger partial charge in [-0.3, -0.25) is 14.4 Å². The monoisotopic (exact) mass is 415 g/mol. The Hall–Kier alpha value is -3.17. The minimum atomic E-state index is -2.58. The minimum absolute atomic E-state index is 0.0273. The van der Waals surface area contributed by atoms with Crippen LogP contribution in [0, 0.1) is 11.8 Å². The molecule has 0 bridgehead atoms. The number of aromatic hydroxyl groups is 1. The molecule has 1 aromatic rings. The van der Waals surface area contributed by atoms with Crippen molar-refractivity contribution in [1.29, 1.82) is 0 Å². The van der Waals surface area contributed by atoms with Gasteiger partial charge in [-0.05, 0) is 42.9 Å². The number of hydrogen-bond acceptors (Lipinski definition) is 8. The fourth-order valence-corrected chi connectivity index (χ4v) is 5.04. The molecule has 9 nitrogen and oxygen atoms in total. The lowest BCUT2D eigenvalue weighted by molar-refractivity contribution is -0.147. The molecule has 0 aliphatic heterocycles. The maximum absolute atomic E-state index is 13.3. The van der Waals surface area contributed by atoms with Crippen LogP contribution in [0.25, 0.3) is 5.76 Å². The van der Waals surface area contributed by atoms with Gasteiger partial charge in [-0.15, -0.1) is 0 Å². The molecule has 1 amide bonds. The Bertz CT molecular complexity index is 1080. The van der Waals surface area contributed by atoms with Gasteiger partial charge in [0.25, 0.3) is 5.91 Å². The second kappa shape index (κ2) is 6.41. The van der Waals surface area contributed by atoms with Crippen molar-refractivity contribution in [2.45, 2.75) is 37.9 Å². The zero-order valence-electron chi connectivity index (χ0n) is 16.0. The molecule has 4 atom stereocenters. The maximum Gasteiger partial charge on any atom is 0.255 e. The van der Waals surface area contributed by atoms with Crippen LogP contribution in [0.1, 0.15) is 42.6 Å². The van der Waals surface area contributed by atoms with E-state index < -0.39 is 58.1 Å². The third-order valence-corrected chi connectivity index (χ3v) is 6.43. The third-order valence-electron chi connectivity index (χ3n) is 6.43. The van der Waals surface area contributed by atoms with E-state index in [-0.39, 0.29) is 36.1 Å². The van der Waals surface area contributed by atoms with Crippen molar-refractivity contribution in [3.8, 4) is 5.75 Å². The number of aliphatic hydroxyl groups is 4. The van der Waals surface area contributed by atoms with Crippen molar-refractivity contribution in [3.63, 3.8) is 0 Å². The molecule has 0 radical (unpaired) electrons. The predicted molar refractivity (Wildman–Crippen MR) is 102 cm³/mol. The average molecular weight is 415 g/mol. The van der Waals surface area contributed by atoms with E-state index in [1.807, 2.05) is 0 Å². The topological polar surface area (TPSA) is 178 Å². The van der Waals surface area contributed by atoms with Gasteiger partial charge in [-0.25, -0.2) is 0 Å². The average Bonchev–Trinajstić information content (AvgIpc) is 2.64. The number of ketones is 2. The Kier molecular flexibility index (Phi) is 4.30. The highest BCUT2D eigenvalue weighted by atomic mass is 16.3. The lowest BCUT2D eigenvalue weighted by Crippen LogP contribution is -2.58. The smallest absolute Gasteiger partial charge is 0.255 e. The Morgan fingerprint density at radius 3 is 2.47 bits per heavy atom. The second-order valence-electron chi connectivity index (χ2n) is 8.11. The molecule has 1 unspecified atom stereocenters. The first kappa shape index (κ1) is 20.1. The summed E-state index contributed by atoms with van der Waals surface area (Å²) in [5.74, 6) is -6.69. The SMILES string of the molecule is CC(O)c1ccc(O)c2c1C[C@H]1C[C@H]3CC(=O)C(C(N)=O)=C(O)[C@@]3(O)C(=O)C1=C2O. The Morgan fingerprint density at radius 1 is 1.20 bits per heavy atom. The van der Waals surface area contributed by atoms with Crippen molar-refractivity contribution in [2.75, 3.05) is 0 Å². The Morgan fingerprint density at radius 2 is 1.87 bits per heavy atom. The number of hydrogen-bond donors (Lipinski definition) is 6. The lowest BCUT2D eigenvalue weighted by Gasteiger charge is -2.46. The van der Waals surface area contributed by atoms with E-state index in [2.05, 4.69) is 0 Å². The number of nitrogens with two attached hydrogens (primary N) is 1. The fourth-order valence-electron chi connectivity index (χ4n) is 5.04. The van der Waals surface area contributed by atoms with Crippen molar-refractivity contribution in [3.05, 3.63) is 45.7 Å². The van der Waals surface area contributed by atoms with E-state index in [1.54, 1.807) is 0 Å². The van der Waals surface area contributed by atoms with Crippen LogP contribution in [0.15, 0.2) is 29.0 Å². The number of primary amides is 1. The number of fused-ring (bicyclic) bond motifs is 3. The van der Waals surface area contributed by atoms with Gasteiger partial charge in [0.1, 0.15) is 22.8 Å². The van der Waals surface area contributed by atoms with Crippen LogP contribution in [0.4, 0.5) is 0 Å². The van der Waals surface area contributed by atoms with E-state index in [9.17, 15) is 39.9 Å². The molecule has 9 heteroatoms. The molecular weight excluding hydrogens is 394 g/mol. The summed E-state index contributed by atoms with van der Waals surface area (Å²) < 4.78 is 0. The molecule has 0 heterocycles. The Balaban J connectivity index is 1.95. The lowest BCUT2D eigenvalue weighted by atomic mass is 9.59. The summed E-state index contributed by atoms with van der Waals surface area (Å²) in [6, 6.07) is 2.81. The molecule has 0 saturated heterocycles. The summed E-state index contributed by atoms with van der Waals surface area (Å²) in [4.78, 5) is 37.2. The van der Waals surface area contributed by atoms with E-state index >= 15 is 0 Å². The van der Waals surface area contributed by atoms with Gasteiger partial charge in [-0.2, -0.15) is 0 Å². The van der Waals surface area contributed by atoms with Crippen LogP contribution < -0.4 is 5.73 Å². The second-order valence-corrected chi connectivity index (χ2v) is 8.11.